The molecule has 6 nitrogen and oxygen atoms in total. The minimum atomic E-state index is -0.425. The molecule has 32 heavy (non-hydrogen) atoms. The van der Waals surface area contributed by atoms with Crippen molar-refractivity contribution in [1.29, 1.82) is 0 Å². The number of hydrogen-bond donors (Lipinski definition) is 2. The molecule has 0 unspecified atom stereocenters. The fourth-order valence-corrected chi connectivity index (χ4v) is 3.88. The molecule has 0 saturated carbocycles. The van der Waals surface area contributed by atoms with Gasteiger partial charge in [-0.05, 0) is 60.9 Å². The molecular formula is C25H25FN4O2. The second kappa shape index (κ2) is 10.0. The number of anilines is 1. The summed E-state index contributed by atoms with van der Waals surface area (Å²) < 4.78 is 13.4. The quantitative estimate of drug-likeness (QED) is 0.625. The van der Waals surface area contributed by atoms with Crippen molar-refractivity contribution in [2.45, 2.75) is 25.4 Å². The van der Waals surface area contributed by atoms with Crippen LogP contribution in [-0.4, -0.2) is 35.9 Å². The van der Waals surface area contributed by atoms with Gasteiger partial charge in [-0.2, -0.15) is 0 Å². The summed E-state index contributed by atoms with van der Waals surface area (Å²) in [4.78, 5) is 31.4. The highest BCUT2D eigenvalue weighted by molar-refractivity contribution is 5.99. The first-order valence-corrected chi connectivity index (χ1v) is 10.7. The summed E-state index contributed by atoms with van der Waals surface area (Å²) in [7, 11) is 0. The summed E-state index contributed by atoms with van der Waals surface area (Å²) in [6.07, 6.45) is 4.89. The van der Waals surface area contributed by atoms with Gasteiger partial charge in [0.2, 0.25) is 0 Å². The number of aromatic nitrogens is 1. The Balaban J connectivity index is 1.35. The van der Waals surface area contributed by atoms with E-state index in [1.54, 1.807) is 18.5 Å². The summed E-state index contributed by atoms with van der Waals surface area (Å²) in [5, 5.41) is 5.96. The van der Waals surface area contributed by atoms with Crippen molar-refractivity contribution in [3.63, 3.8) is 0 Å². The molecule has 1 fully saturated rings. The van der Waals surface area contributed by atoms with Gasteiger partial charge in [-0.15, -0.1) is 0 Å². The molecular weight excluding hydrogens is 407 g/mol. The fraction of sp³-hybridized carbons (Fsp3) is 0.240. The number of piperidine rings is 1. The molecule has 0 aliphatic carbocycles. The van der Waals surface area contributed by atoms with Crippen molar-refractivity contribution in [1.82, 2.24) is 15.6 Å². The highest BCUT2D eigenvalue weighted by Gasteiger charge is 2.24. The van der Waals surface area contributed by atoms with Crippen LogP contribution in [0.2, 0.25) is 0 Å². The third kappa shape index (κ3) is 5.29. The van der Waals surface area contributed by atoms with Crippen LogP contribution in [0, 0.1) is 5.82 Å². The third-order valence-electron chi connectivity index (χ3n) is 5.61. The third-order valence-corrected chi connectivity index (χ3v) is 5.61. The average Bonchev–Trinajstić information content (AvgIpc) is 2.84. The zero-order valence-electron chi connectivity index (χ0n) is 17.6. The number of para-hydroxylation sites is 1. The smallest absolute Gasteiger partial charge is 0.253 e. The Kier molecular flexibility index (Phi) is 6.75. The SMILES string of the molecule is O=C(NC1CCN(c2ccccc2C(=O)NCc2ccncc2)CC1)c1cccc(F)c1. The van der Waals surface area contributed by atoms with E-state index < -0.39 is 5.82 Å². The number of carbonyl (C=O) groups is 2. The average molecular weight is 432 g/mol. The predicted octanol–water partition coefficient (Wildman–Crippen LogP) is 3.55. The van der Waals surface area contributed by atoms with E-state index in [4.69, 9.17) is 0 Å². The highest BCUT2D eigenvalue weighted by atomic mass is 19.1. The molecule has 4 rings (SSSR count). The van der Waals surface area contributed by atoms with Gasteiger partial charge in [-0.25, -0.2) is 4.39 Å². The van der Waals surface area contributed by atoms with Crippen LogP contribution in [0.1, 0.15) is 39.1 Å². The molecule has 3 aromatic rings. The van der Waals surface area contributed by atoms with Gasteiger partial charge in [-0.1, -0.05) is 18.2 Å². The fourth-order valence-electron chi connectivity index (χ4n) is 3.88. The Morgan fingerprint density at radius 1 is 0.969 bits per heavy atom. The zero-order valence-corrected chi connectivity index (χ0v) is 17.6. The van der Waals surface area contributed by atoms with Gasteiger partial charge in [0, 0.05) is 49.3 Å². The summed E-state index contributed by atoms with van der Waals surface area (Å²) in [5.41, 5.74) is 2.82. The van der Waals surface area contributed by atoms with Crippen LogP contribution in [-0.2, 0) is 6.54 Å². The van der Waals surface area contributed by atoms with Crippen molar-refractivity contribution < 1.29 is 14.0 Å². The number of benzene rings is 2. The number of halogens is 1. The van der Waals surface area contributed by atoms with Crippen LogP contribution in [0.25, 0.3) is 0 Å². The van der Waals surface area contributed by atoms with E-state index in [0.29, 0.717) is 30.8 Å². The van der Waals surface area contributed by atoms with E-state index in [1.807, 2.05) is 36.4 Å². The first kappa shape index (κ1) is 21.5. The van der Waals surface area contributed by atoms with Crippen molar-refractivity contribution in [3.8, 4) is 0 Å². The lowest BCUT2D eigenvalue weighted by Crippen LogP contribution is -2.45. The normalized spacial score (nSPS) is 14.1. The van der Waals surface area contributed by atoms with Gasteiger partial charge >= 0.3 is 0 Å². The van der Waals surface area contributed by atoms with E-state index in [1.165, 1.54) is 18.2 Å². The highest BCUT2D eigenvalue weighted by Crippen LogP contribution is 2.24. The number of pyridine rings is 1. The molecule has 0 spiro atoms. The molecule has 1 saturated heterocycles. The maximum Gasteiger partial charge on any atom is 0.253 e. The Morgan fingerprint density at radius 2 is 1.72 bits per heavy atom. The predicted molar refractivity (Wildman–Crippen MR) is 121 cm³/mol. The summed E-state index contributed by atoms with van der Waals surface area (Å²) >= 11 is 0. The molecule has 1 aromatic heterocycles. The molecule has 2 N–H and O–H groups in total. The van der Waals surface area contributed by atoms with Gasteiger partial charge < -0.3 is 15.5 Å². The van der Waals surface area contributed by atoms with Crippen molar-refractivity contribution in [2.24, 2.45) is 0 Å². The van der Waals surface area contributed by atoms with E-state index in [-0.39, 0.29) is 17.9 Å². The van der Waals surface area contributed by atoms with E-state index in [2.05, 4.69) is 20.5 Å². The molecule has 0 radical (unpaired) electrons. The number of rotatable bonds is 6. The van der Waals surface area contributed by atoms with Crippen molar-refractivity contribution in [2.75, 3.05) is 18.0 Å². The number of nitrogens with one attached hydrogen (secondary N) is 2. The number of hydrogen-bond acceptors (Lipinski definition) is 4. The number of carbonyl (C=O) groups excluding carboxylic acids is 2. The van der Waals surface area contributed by atoms with E-state index >= 15 is 0 Å². The summed E-state index contributed by atoms with van der Waals surface area (Å²) in [6, 6.07) is 17.0. The first-order valence-electron chi connectivity index (χ1n) is 10.7. The maximum atomic E-state index is 13.4. The lowest BCUT2D eigenvalue weighted by Gasteiger charge is -2.35. The monoisotopic (exact) mass is 432 g/mol. The van der Waals surface area contributed by atoms with Crippen LogP contribution >= 0.6 is 0 Å². The van der Waals surface area contributed by atoms with Gasteiger partial charge in [0.25, 0.3) is 11.8 Å². The molecule has 7 heteroatoms. The molecule has 2 aromatic carbocycles. The molecule has 2 amide bonds. The minimum absolute atomic E-state index is 0.00898. The van der Waals surface area contributed by atoms with E-state index in [9.17, 15) is 14.0 Å². The van der Waals surface area contributed by atoms with Gasteiger partial charge in [0.1, 0.15) is 5.82 Å². The lowest BCUT2D eigenvalue weighted by atomic mass is 10.0. The van der Waals surface area contributed by atoms with Crippen molar-refractivity contribution >= 4 is 17.5 Å². The van der Waals surface area contributed by atoms with E-state index in [0.717, 1.165) is 24.1 Å². The van der Waals surface area contributed by atoms with Crippen LogP contribution in [0.15, 0.2) is 73.1 Å². The zero-order chi connectivity index (χ0) is 22.3. The van der Waals surface area contributed by atoms with Crippen LogP contribution in [0.3, 0.4) is 0 Å². The van der Waals surface area contributed by atoms with Crippen LogP contribution in [0.4, 0.5) is 10.1 Å². The molecule has 2 heterocycles. The van der Waals surface area contributed by atoms with Gasteiger partial charge in [0.15, 0.2) is 0 Å². The summed E-state index contributed by atoms with van der Waals surface area (Å²) in [6.45, 7) is 1.86. The second-order valence-corrected chi connectivity index (χ2v) is 7.80. The molecule has 1 aliphatic rings. The van der Waals surface area contributed by atoms with Gasteiger partial charge in [0.05, 0.1) is 5.56 Å². The number of amides is 2. The topological polar surface area (TPSA) is 74.3 Å². The maximum absolute atomic E-state index is 13.4. The second-order valence-electron chi connectivity index (χ2n) is 7.80. The van der Waals surface area contributed by atoms with Crippen LogP contribution in [0.5, 0.6) is 0 Å². The minimum Gasteiger partial charge on any atom is -0.371 e. The Labute approximate surface area is 186 Å². The standard InChI is InChI=1S/C25H25FN4O2/c26-20-5-3-4-19(16-20)24(31)29-21-10-14-30(15-11-21)23-7-2-1-6-22(23)25(32)28-17-18-8-12-27-13-9-18/h1-9,12-13,16,21H,10-11,14-15,17H2,(H,28,32)(H,29,31). The Bertz CT molecular complexity index is 1080. The molecule has 164 valence electrons. The summed E-state index contributed by atoms with van der Waals surface area (Å²) in [5.74, 6) is -0.816. The molecule has 1 aliphatic heterocycles. The van der Waals surface area contributed by atoms with Gasteiger partial charge in [-0.3, -0.25) is 14.6 Å². The Morgan fingerprint density at radius 3 is 2.47 bits per heavy atom. The lowest BCUT2D eigenvalue weighted by molar-refractivity contribution is 0.0929. The van der Waals surface area contributed by atoms with Crippen LogP contribution < -0.4 is 15.5 Å². The molecule has 0 atom stereocenters. The number of nitrogens with zero attached hydrogens (tertiary/aromatic N) is 2. The largest absolute Gasteiger partial charge is 0.371 e. The molecule has 0 bridgehead atoms. The Hall–Kier alpha value is -3.74. The van der Waals surface area contributed by atoms with Crippen molar-refractivity contribution in [3.05, 3.63) is 95.6 Å². The first-order chi connectivity index (χ1) is 15.6.